The van der Waals surface area contributed by atoms with Gasteiger partial charge in [0.2, 0.25) is 0 Å². The van der Waals surface area contributed by atoms with Crippen LogP contribution in [0.3, 0.4) is 0 Å². The molecule has 0 aliphatic carbocycles. The van der Waals surface area contributed by atoms with Crippen LogP contribution in [0, 0.1) is 0 Å². The molecule has 0 saturated heterocycles. The number of ether oxygens (including phenoxy) is 2. The largest absolute Gasteiger partial charge is 0.483 e. The fourth-order valence-electron chi connectivity index (χ4n) is 1.76. The highest BCUT2D eigenvalue weighted by Crippen LogP contribution is 2.35. The van der Waals surface area contributed by atoms with Crippen molar-refractivity contribution in [2.45, 2.75) is 26.4 Å². The van der Waals surface area contributed by atoms with Gasteiger partial charge in [0, 0.05) is 18.6 Å². The molecule has 0 spiro atoms. The molecule has 0 unspecified atom stereocenters. The predicted octanol–water partition coefficient (Wildman–Crippen LogP) is 2.61. The van der Waals surface area contributed by atoms with Gasteiger partial charge in [-0.2, -0.15) is 0 Å². The number of rotatable bonds is 2. The second-order valence-electron chi connectivity index (χ2n) is 4.68. The standard InChI is InChI=1S/C14H14O4/c1-9(16)17-12-7-13-10(6-11(12)8-15)4-5-14(2,3)18-13/h4-8H,1-3H3. The van der Waals surface area contributed by atoms with E-state index >= 15 is 0 Å². The van der Waals surface area contributed by atoms with Crippen molar-refractivity contribution in [3.05, 3.63) is 29.3 Å². The van der Waals surface area contributed by atoms with Gasteiger partial charge in [-0.05, 0) is 26.0 Å². The number of hydrogen-bond donors (Lipinski definition) is 0. The maximum Gasteiger partial charge on any atom is 0.308 e. The third-order valence-electron chi connectivity index (χ3n) is 2.56. The summed E-state index contributed by atoms with van der Waals surface area (Å²) in [6, 6.07) is 3.22. The van der Waals surface area contributed by atoms with E-state index in [0.29, 0.717) is 17.6 Å². The van der Waals surface area contributed by atoms with Crippen molar-refractivity contribution in [3.63, 3.8) is 0 Å². The van der Waals surface area contributed by atoms with Gasteiger partial charge < -0.3 is 9.47 Å². The van der Waals surface area contributed by atoms with Crippen molar-refractivity contribution in [2.24, 2.45) is 0 Å². The highest BCUT2D eigenvalue weighted by atomic mass is 16.5. The number of carbonyl (C=O) groups excluding carboxylic acids is 2. The molecule has 1 heterocycles. The minimum absolute atomic E-state index is 0.224. The quantitative estimate of drug-likeness (QED) is 0.457. The summed E-state index contributed by atoms with van der Waals surface area (Å²) in [5.41, 5.74) is 0.715. The van der Waals surface area contributed by atoms with Crippen LogP contribution in [0.15, 0.2) is 18.2 Å². The Morgan fingerprint density at radius 1 is 1.39 bits per heavy atom. The predicted molar refractivity (Wildman–Crippen MR) is 66.9 cm³/mol. The van der Waals surface area contributed by atoms with Crippen molar-refractivity contribution in [2.75, 3.05) is 0 Å². The zero-order valence-corrected chi connectivity index (χ0v) is 10.5. The molecule has 94 valence electrons. The van der Waals surface area contributed by atoms with E-state index in [-0.39, 0.29) is 5.75 Å². The van der Waals surface area contributed by atoms with Gasteiger partial charge in [0.15, 0.2) is 6.29 Å². The Morgan fingerprint density at radius 2 is 2.11 bits per heavy atom. The first-order valence-corrected chi connectivity index (χ1v) is 5.61. The van der Waals surface area contributed by atoms with Gasteiger partial charge in [-0.15, -0.1) is 0 Å². The molecular weight excluding hydrogens is 232 g/mol. The summed E-state index contributed by atoms with van der Waals surface area (Å²) < 4.78 is 10.7. The summed E-state index contributed by atoms with van der Waals surface area (Å²) >= 11 is 0. The minimum atomic E-state index is -0.469. The molecule has 1 aromatic carbocycles. The molecule has 1 aliphatic heterocycles. The molecule has 0 bridgehead atoms. The number of esters is 1. The first-order chi connectivity index (χ1) is 8.41. The molecule has 0 amide bonds. The second kappa shape index (κ2) is 4.29. The van der Waals surface area contributed by atoms with E-state index in [0.717, 1.165) is 5.56 Å². The highest BCUT2D eigenvalue weighted by Gasteiger charge is 2.23. The van der Waals surface area contributed by atoms with Crippen LogP contribution in [0.2, 0.25) is 0 Å². The fourth-order valence-corrected chi connectivity index (χ4v) is 1.76. The monoisotopic (exact) mass is 246 g/mol. The summed E-state index contributed by atoms with van der Waals surface area (Å²) in [6.45, 7) is 5.13. The molecule has 4 heteroatoms. The Labute approximate surface area is 105 Å². The zero-order valence-electron chi connectivity index (χ0n) is 10.5. The van der Waals surface area contributed by atoms with E-state index in [2.05, 4.69) is 0 Å². The Morgan fingerprint density at radius 3 is 2.72 bits per heavy atom. The van der Waals surface area contributed by atoms with Crippen molar-refractivity contribution in [3.8, 4) is 11.5 Å². The van der Waals surface area contributed by atoms with E-state index in [1.54, 1.807) is 12.1 Å². The van der Waals surface area contributed by atoms with Crippen LogP contribution in [-0.4, -0.2) is 17.9 Å². The second-order valence-corrected chi connectivity index (χ2v) is 4.68. The molecule has 0 aromatic heterocycles. The topological polar surface area (TPSA) is 52.6 Å². The molecule has 0 saturated carbocycles. The fraction of sp³-hybridized carbons (Fsp3) is 0.286. The van der Waals surface area contributed by atoms with Crippen LogP contribution in [0.1, 0.15) is 36.7 Å². The molecular formula is C14H14O4. The summed E-state index contributed by atoms with van der Waals surface area (Å²) in [7, 11) is 0. The maximum absolute atomic E-state index is 11.0. The van der Waals surface area contributed by atoms with Crippen LogP contribution in [0.25, 0.3) is 6.08 Å². The Kier molecular flexibility index (Phi) is 2.95. The smallest absolute Gasteiger partial charge is 0.308 e. The third-order valence-corrected chi connectivity index (χ3v) is 2.56. The average Bonchev–Trinajstić information content (AvgIpc) is 2.26. The van der Waals surface area contributed by atoms with Crippen molar-refractivity contribution in [1.82, 2.24) is 0 Å². The molecule has 4 nitrogen and oxygen atoms in total. The van der Waals surface area contributed by atoms with Crippen LogP contribution in [-0.2, 0) is 4.79 Å². The van der Waals surface area contributed by atoms with E-state index in [9.17, 15) is 9.59 Å². The SMILES string of the molecule is CC(=O)Oc1cc2c(cc1C=O)C=CC(C)(C)O2. The molecule has 0 N–H and O–H groups in total. The number of benzene rings is 1. The average molecular weight is 246 g/mol. The van der Waals surface area contributed by atoms with Crippen LogP contribution in [0.4, 0.5) is 0 Å². The lowest BCUT2D eigenvalue weighted by atomic mass is 10.0. The van der Waals surface area contributed by atoms with Crippen molar-refractivity contribution < 1.29 is 19.1 Å². The zero-order chi connectivity index (χ0) is 13.3. The van der Waals surface area contributed by atoms with Gasteiger partial charge in [-0.3, -0.25) is 9.59 Å². The Bertz CT molecular complexity index is 541. The van der Waals surface area contributed by atoms with E-state index in [4.69, 9.17) is 9.47 Å². The number of aldehydes is 1. The van der Waals surface area contributed by atoms with Crippen molar-refractivity contribution in [1.29, 1.82) is 0 Å². The molecule has 1 aromatic rings. The lowest BCUT2D eigenvalue weighted by Crippen LogP contribution is -2.27. The first-order valence-electron chi connectivity index (χ1n) is 5.61. The summed E-state index contributed by atoms with van der Waals surface area (Å²) in [5, 5.41) is 0. The highest BCUT2D eigenvalue weighted by molar-refractivity contribution is 5.84. The first kappa shape index (κ1) is 12.4. The van der Waals surface area contributed by atoms with Crippen molar-refractivity contribution >= 4 is 18.3 Å². The van der Waals surface area contributed by atoms with Gasteiger partial charge >= 0.3 is 5.97 Å². The molecule has 0 atom stereocenters. The lowest BCUT2D eigenvalue weighted by Gasteiger charge is -2.28. The molecule has 0 radical (unpaired) electrons. The Balaban J connectivity index is 2.49. The molecule has 18 heavy (non-hydrogen) atoms. The Hall–Kier alpha value is -2.10. The van der Waals surface area contributed by atoms with E-state index in [1.165, 1.54) is 6.92 Å². The van der Waals surface area contributed by atoms with Gasteiger partial charge in [-0.25, -0.2) is 0 Å². The number of hydrogen-bond acceptors (Lipinski definition) is 4. The normalized spacial score (nSPS) is 15.5. The molecule has 2 rings (SSSR count). The number of carbonyl (C=O) groups is 2. The summed E-state index contributed by atoms with van der Waals surface area (Å²) in [4.78, 5) is 21.9. The molecule has 0 fully saturated rings. The van der Waals surface area contributed by atoms with Crippen LogP contribution < -0.4 is 9.47 Å². The van der Waals surface area contributed by atoms with Gasteiger partial charge in [-0.1, -0.05) is 6.08 Å². The maximum atomic E-state index is 11.0. The summed E-state index contributed by atoms with van der Waals surface area (Å²) in [6.07, 6.45) is 4.46. The lowest BCUT2D eigenvalue weighted by molar-refractivity contribution is -0.131. The van der Waals surface area contributed by atoms with E-state index < -0.39 is 11.6 Å². The third kappa shape index (κ3) is 2.42. The summed E-state index contributed by atoms with van der Waals surface area (Å²) in [5.74, 6) is 0.357. The number of fused-ring (bicyclic) bond motifs is 1. The van der Waals surface area contributed by atoms with Gasteiger partial charge in [0.05, 0.1) is 5.56 Å². The van der Waals surface area contributed by atoms with Crippen LogP contribution in [0.5, 0.6) is 11.5 Å². The van der Waals surface area contributed by atoms with E-state index in [1.807, 2.05) is 26.0 Å². The van der Waals surface area contributed by atoms with Gasteiger partial charge in [0.1, 0.15) is 17.1 Å². The van der Waals surface area contributed by atoms with Gasteiger partial charge in [0.25, 0.3) is 0 Å². The van der Waals surface area contributed by atoms with Crippen LogP contribution >= 0.6 is 0 Å². The molecule has 1 aliphatic rings. The minimum Gasteiger partial charge on any atom is -0.483 e.